The van der Waals surface area contributed by atoms with Crippen LogP contribution in [0.1, 0.15) is 33.3 Å². The second-order valence-electron chi connectivity index (χ2n) is 8.44. The Kier molecular flexibility index (Phi) is 5.15. The van der Waals surface area contributed by atoms with Gasteiger partial charge in [0.05, 0.1) is 19.1 Å². The van der Waals surface area contributed by atoms with Crippen molar-refractivity contribution in [1.29, 1.82) is 0 Å². The zero-order valence-corrected chi connectivity index (χ0v) is 16.7. The van der Waals surface area contributed by atoms with E-state index in [-0.39, 0.29) is 12.0 Å². The molecule has 0 aliphatic carbocycles. The summed E-state index contributed by atoms with van der Waals surface area (Å²) in [5.74, 6) is -3.54. The van der Waals surface area contributed by atoms with Gasteiger partial charge in [0.15, 0.2) is 17.9 Å². The standard InChI is InChI=1S/C20H25F2NO6/c1-19(2)25-9-13(27-19)16-15(17-18(26-16)29-20(3,4)28-17)23-14(24)7-10-5-6-11(21)8-12(10)22/h5-6,8,13,15-18H,7,9H2,1-4H3,(H,23,24)/t13?,15-,16-,17-,18-/m1/s1. The minimum Gasteiger partial charge on any atom is -0.348 e. The Morgan fingerprint density at radius 3 is 2.52 bits per heavy atom. The van der Waals surface area contributed by atoms with E-state index in [2.05, 4.69) is 5.32 Å². The molecule has 0 saturated carbocycles. The third kappa shape index (κ3) is 4.29. The van der Waals surface area contributed by atoms with Gasteiger partial charge in [-0.25, -0.2) is 8.78 Å². The van der Waals surface area contributed by atoms with Crippen LogP contribution < -0.4 is 5.32 Å². The van der Waals surface area contributed by atoms with Crippen LogP contribution in [0.3, 0.4) is 0 Å². The molecule has 3 aliphatic rings. The van der Waals surface area contributed by atoms with Crippen molar-refractivity contribution in [2.75, 3.05) is 6.61 Å². The van der Waals surface area contributed by atoms with E-state index in [1.54, 1.807) is 27.7 Å². The summed E-state index contributed by atoms with van der Waals surface area (Å²) in [7, 11) is 0. The molecule has 4 rings (SSSR count). The van der Waals surface area contributed by atoms with E-state index < -0.39 is 59.8 Å². The lowest BCUT2D eigenvalue weighted by atomic mass is 10.0. The van der Waals surface area contributed by atoms with Crippen molar-refractivity contribution >= 4 is 5.91 Å². The highest BCUT2D eigenvalue weighted by Crippen LogP contribution is 2.40. The summed E-state index contributed by atoms with van der Waals surface area (Å²) < 4.78 is 56.3. The first kappa shape index (κ1) is 20.6. The van der Waals surface area contributed by atoms with Crippen molar-refractivity contribution in [3.05, 3.63) is 35.4 Å². The SMILES string of the molecule is CC1(C)OCC([C@H]2O[C@@H]3OC(C)(C)O[C@@H]3[C@@H]2NC(=O)Cc2ccc(F)cc2F)O1. The number of carbonyl (C=O) groups excluding carboxylic acids is 1. The van der Waals surface area contributed by atoms with Crippen LogP contribution in [-0.4, -0.2) is 54.7 Å². The zero-order chi connectivity index (χ0) is 21.0. The molecule has 3 aliphatic heterocycles. The zero-order valence-electron chi connectivity index (χ0n) is 16.7. The maximum atomic E-state index is 13.9. The van der Waals surface area contributed by atoms with E-state index in [1.165, 1.54) is 6.07 Å². The second-order valence-corrected chi connectivity index (χ2v) is 8.44. The van der Waals surface area contributed by atoms with Crippen molar-refractivity contribution in [2.45, 2.75) is 76.3 Å². The number of amides is 1. The van der Waals surface area contributed by atoms with Crippen molar-refractivity contribution in [3.63, 3.8) is 0 Å². The molecule has 1 aromatic carbocycles. The summed E-state index contributed by atoms with van der Waals surface area (Å²) in [6.45, 7) is 7.40. The number of carbonyl (C=O) groups is 1. The van der Waals surface area contributed by atoms with Crippen LogP contribution in [-0.2, 0) is 34.9 Å². The van der Waals surface area contributed by atoms with Crippen LogP contribution in [0.2, 0.25) is 0 Å². The first-order valence-electron chi connectivity index (χ1n) is 9.59. The van der Waals surface area contributed by atoms with E-state index in [0.29, 0.717) is 6.61 Å². The lowest BCUT2D eigenvalue weighted by Gasteiger charge is -2.29. The first-order chi connectivity index (χ1) is 13.5. The summed E-state index contributed by atoms with van der Waals surface area (Å²) in [6.07, 6.45) is -2.46. The van der Waals surface area contributed by atoms with Gasteiger partial charge in [0.1, 0.15) is 29.9 Å². The van der Waals surface area contributed by atoms with Gasteiger partial charge in [-0.15, -0.1) is 0 Å². The van der Waals surface area contributed by atoms with Crippen LogP contribution in [0.4, 0.5) is 8.78 Å². The highest BCUT2D eigenvalue weighted by molar-refractivity contribution is 5.79. The fourth-order valence-electron chi connectivity index (χ4n) is 3.97. The van der Waals surface area contributed by atoms with Gasteiger partial charge in [0, 0.05) is 6.07 Å². The fourth-order valence-corrected chi connectivity index (χ4v) is 3.97. The van der Waals surface area contributed by atoms with Gasteiger partial charge in [-0.05, 0) is 39.3 Å². The summed E-state index contributed by atoms with van der Waals surface area (Å²) in [6, 6.07) is 2.54. The van der Waals surface area contributed by atoms with E-state index in [0.717, 1.165) is 12.1 Å². The molecule has 1 amide bonds. The van der Waals surface area contributed by atoms with Gasteiger partial charge >= 0.3 is 0 Å². The number of benzene rings is 1. The van der Waals surface area contributed by atoms with E-state index in [9.17, 15) is 13.6 Å². The summed E-state index contributed by atoms with van der Waals surface area (Å²) >= 11 is 0. The predicted octanol–water partition coefficient (Wildman–Crippen LogP) is 2.02. The van der Waals surface area contributed by atoms with Gasteiger partial charge in [-0.2, -0.15) is 0 Å². The van der Waals surface area contributed by atoms with Gasteiger partial charge in [-0.3, -0.25) is 4.79 Å². The highest BCUT2D eigenvalue weighted by atomic mass is 19.1. The molecular weight excluding hydrogens is 388 g/mol. The fraction of sp³-hybridized carbons (Fsp3) is 0.650. The third-order valence-corrected chi connectivity index (χ3v) is 5.18. The van der Waals surface area contributed by atoms with Crippen LogP contribution >= 0.6 is 0 Å². The predicted molar refractivity (Wildman–Crippen MR) is 95.6 cm³/mol. The Labute approximate surface area is 167 Å². The molecule has 1 unspecified atom stereocenters. The average Bonchev–Trinajstić information content (AvgIpc) is 3.20. The number of ether oxygens (including phenoxy) is 5. The van der Waals surface area contributed by atoms with Gasteiger partial charge in [-0.1, -0.05) is 6.07 Å². The highest BCUT2D eigenvalue weighted by Gasteiger charge is 2.58. The number of rotatable bonds is 4. The summed E-state index contributed by atoms with van der Waals surface area (Å²) in [4.78, 5) is 12.6. The lowest BCUT2D eigenvalue weighted by Crippen LogP contribution is -2.53. The normalized spacial score (nSPS) is 34.9. The molecule has 3 heterocycles. The monoisotopic (exact) mass is 413 g/mol. The van der Waals surface area contributed by atoms with Gasteiger partial charge < -0.3 is 29.0 Å². The van der Waals surface area contributed by atoms with E-state index >= 15 is 0 Å². The van der Waals surface area contributed by atoms with Crippen molar-refractivity contribution in [3.8, 4) is 0 Å². The number of halogens is 2. The molecule has 0 spiro atoms. The average molecular weight is 413 g/mol. The van der Waals surface area contributed by atoms with Gasteiger partial charge in [0.2, 0.25) is 5.91 Å². The Bertz CT molecular complexity index is 801. The smallest absolute Gasteiger partial charge is 0.224 e. The van der Waals surface area contributed by atoms with Crippen LogP contribution in [0, 0.1) is 11.6 Å². The molecule has 9 heteroatoms. The minimum absolute atomic E-state index is 0.0985. The van der Waals surface area contributed by atoms with Gasteiger partial charge in [0.25, 0.3) is 0 Å². The molecule has 1 N–H and O–H groups in total. The molecule has 1 aromatic rings. The molecule has 3 saturated heterocycles. The number of hydrogen-bond donors (Lipinski definition) is 1. The van der Waals surface area contributed by atoms with E-state index in [4.69, 9.17) is 23.7 Å². The number of fused-ring (bicyclic) bond motifs is 1. The quantitative estimate of drug-likeness (QED) is 0.814. The number of nitrogens with one attached hydrogen (secondary N) is 1. The van der Waals surface area contributed by atoms with Crippen LogP contribution in [0.5, 0.6) is 0 Å². The molecule has 29 heavy (non-hydrogen) atoms. The minimum atomic E-state index is -0.862. The Morgan fingerprint density at radius 1 is 1.10 bits per heavy atom. The van der Waals surface area contributed by atoms with Crippen molar-refractivity contribution in [2.24, 2.45) is 0 Å². The Balaban J connectivity index is 1.50. The Morgan fingerprint density at radius 2 is 1.86 bits per heavy atom. The van der Waals surface area contributed by atoms with Crippen molar-refractivity contribution in [1.82, 2.24) is 5.32 Å². The van der Waals surface area contributed by atoms with Crippen LogP contribution in [0.25, 0.3) is 0 Å². The molecule has 0 aromatic heterocycles. The molecule has 160 valence electrons. The summed E-state index contributed by atoms with van der Waals surface area (Å²) in [5, 5.41) is 2.87. The molecular formula is C20H25F2NO6. The third-order valence-electron chi connectivity index (χ3n) is 5.18. The molecule has 3 fully saturated rings. The molecule has 5 atom stereocenters. The maximum Gasteiger partial charge on any atom is 0.224 e. The second kappa shape index (κ2) is 7.24. The summed E-state index contributed by atoms with van der Waals surface area (Å²) in [5.41, 5.74) is 0.0985. The maximum absolute atomic E-state index is 13.9. The van der Waals surface area contributed by atoms with E-state index in [1.807, 2.05) is 0 Å². The largest absolute Gasteiger partial charge is 0.348 e. The first-order valence-corrected chi connectivity index (χ1v) is 9.59. The topological polar surface area (TPSA) is 75.3 Å². The Hall–Kier alpha value is -1.65. The number of hydrogen-bond acceptors (Lipinski definition) is 6. The molecule has 0 bridgehead atoms. The van der Waals surface area contributed by atoms with Crippen molar-refractivity contribution < 1.29 is 37.3 Å². The lowest BCUT2D eigenvalue weighted by molar-refractivity contribution is -0.223. The molecule has 7 nitrogen and oxygen atoms in total. The molecule has 0 radical (unpaired) electrons. The van der Waals surface area contributed by atoms with Crippen LogP contribution in [0.15, 0.2) is 18.2 Å².